The number of thiophene rings is 1. The Morgan fingerprint density at radius 1 is 1.27 bits per heavy atom. The minimum absolute atomic E-state index is 0.111. The molecule has 0 aliphatic heterocycles. The van der Waals surface area contributed by atoms with Crippen molar-refractivity contribution < 1.29 is 14.3 Å². The number of benzene rings is 1. The molecule has 0 aliphatic carbocycles. The Bertz CT molecular complexity index is 673. The maximum Gasteiger partial charge on any atom is 0.340 e. The largest absolute Gasteiger partial charge is 0.449 e. The molecule has 2 aromatic rings. The summed E-state index contributed by atoms with van der Waals surface area (Å²) >= 11 is 13.3. The first kappa shape index (κ1) is 16.8. The minimum Gasteiger partial charge on any atom is -0.449 e. The van der Waals surface area contributed by atoms with Gasteiger partial charge >= 0.3 is 5.97 Å². The molecule has 116 valence electrons. The van der Waals surface area contributed by atoms with Crippen LogP contribution in [0.25, 0.3) is 0 Å². The predicted molar refractivity (Wildman–Crippen MR) is 87.5 cm³/mol. The first-order chi connectivity index (χ1) is 10.5. The van der Waals surface area contributed by atoms with Crippen molar-refractivity contribution in [2.45, 2.75) is 19.6 Å². The summed E-state index contributed by atoms with van der Waals surface area (Å²) in [6.45, 7) is 1.90. The molecule has 2 rings (SSSR count). The zero-order valence-corrected chi connectivity index (χ0v) is 14.0. The van der Waals surface area contributed by atoms with E-state index in [2.05, 4.69) is 5.32 Å². The van der Waals surface area contributed by atoms with Crippen molar-refractivity contribution in [2.75, 3.05) is 0 Å². The van der Waals surface area contributed by atoms with E-state index in [4.69, 9.17) is 27.9 Å². The lowest BCUT2D eigenvalue weighted by atomic mass is 10.2. The molecule has 0 saturated carbocycles. The Kier molecular flexibility index (Phi) is 5.83. The molecule has 0 radical (unpaired) electrons. The number of hydrogen-bond acceptors (Lipinski definition) is 4. The molecule has 0 spiro atoms. The van der Waals surface area contributed by atoms with Crippen molar-refractivity contribution in [1.82, 2.24) is 5.32 Å². The van der Waals surface area contributed by atoms with Crippen molar-refractivity contribution >= 4 is 46.4 Å². The molecule has 7 heteroatoms. The van der Waals surface area contributed by atoms with E-state index in [9.17, 15) is 9.59 Å². The molecule has 1 aromatic heterocycles. The van der Waals surface area contributed by atoms with Gasteiger partial charge in [-0.25, -0.2) is 4.79 Å². The number of nitrogens with one attached hydrogen (secondary N) is 1. The van der Waals surface area contributed by atoms with Crippen LogP contribution in [0, 0.1) is 0 Å². The van der Waals surface area contributed by atoms with Gasteiger partial charge in [-0.2, -0.15) is 0 Å². The number of esters is 1. The average molecular weight is 358 g/mol. The van der Waals surface area contributed by atoms with Crippen molar-refractivity contribution in [2.24, 2.45) is 0 Å². The molecular formula is C15H13Cl2NO3S. The number of halogens is 2. The van der Waals surface area contributed by atoms with Gasteiger partial charge in [0, 0.05) is 4.88 Å². The Balaban J connectivity index is 1.93. The van der Waals surface area contributed by atoms with E-state index in [0.29, 0.717) is 6.54 Å². The molecule has 1 aromatic carbocycles. The highest BCUT2D eigenvalue weighted by Crippen LogP contribution is 2.26. The van der Waals surface area contributed by atoms with Crippen molar-refractivity contribution in [3.63, 3.8) is 0 Å². The Hall–Kier alpha value is -1.56. The molecule has 1 amide bonds. The van der Waals surface area contributed by atoms with Crippen molar-refractivity contribution in [3.8, 4) is 0 Å². The number of ether oxygens (including phenoxy) is 1. The second kappa shape index (κ2) is 7.63. The molecule has 1 unspecified atom stereocenters. The summed E-state index contributed by atoms with van der Waals surface area (Å²) in [5.74, 6) is -1.06. The van der Waals surface area contributed by atoms with E-state index in [1.54, 1.807) is 12.1 Å². The highest BCUT2D eigenvalue weighted by atomic mass is 35.5. The molecule has 0 fully saturated rings. The lowest BCUT2D eigenvalue weighted by molar-refractivity contribution is -0.129. The average Bonchev–Trinajstić information content (AvgIpc) is 3.00. The van der Waals surface area contributed by atoms with E-state index >= 15 is 0 Å². The predicted octanol–water partition coefficient (Wildman–Crippen LogP) is 3.92. The zero-order valence-electron chi connectivity index (χ0n) is 11.6. The highest BCUT2D eigenvalue weighted by Gasteiger charge is 2.21. The molecule has 0 aliphatic rings. The highest BCUT2D eigenvalue weighted by molar-refractivity contribution is 7.09. The third kappa shape index (κ3) is 4.22. The summed E-state index contributed by atoms with van der Waals surface area (Å²) in [4.78, 5) is 25.0. The van der Waals surface area contributed by atoms with Gasteiger partial charge in [0.1, 0.15) is 0 Å². The van der Waals surface area contributed by atoms with E-state index in [1.807, 2.05) is 17.5 Å². The number of rotatable bonds is 5. The normalized spacial score (nSPS) is 11.8. The fraction of sp³-hybridized carbons (Fsp3) is 0.200. The second-order valence-electron chi connectivity index (χ2n) is 4.45. The van der Waals surface area contributed by atoms with Crippen LogP contribution >= 0.6 is 34.5 Å². The molecule has 0 bridgehead atoms. The van der Waals surface area contributed by atoms with Gasteiger partial charge in [0.25, 0.3) is 5.91 Å². The van der Waals surface area contributed by atoms with E-state index < -0.39 is 12.1 Å². The maximum absolute atomic E-state index is 12.0. The second-order valence-corrected chi connectivity index (χ2v) is 6.26. The number of carbonyl (C=O) groups excluding carboxylic acids is 2. The first-order valence-electron chi connectivity index (χ1n) is 6.44. The molecule has 1 N–H and O–H groups in total. The summed E-state index contributed by atoms with van der Waals surface area (Å²) in [6.07, 6.45) is -0.928. The molecule has 4 nitrogen and oxygen atoms in total. The van der Waals surface area contributed by atoms with E-state index in [0.717, 1.165) is 4.88 Å². The Morgan fingerprint density at radius 2 is 2.05 bits per heavy atom. The van der Waals surface area contributed by atoms with E-state index in [-0.39, 0.29) is 21.5 Å². The van der Waals surface area contributed by atoms with Gasteiger partial charge in [0.2, 0.25) is 0 Å². The van der Waals surface area contributed by atoms with Crippen molar-refractivity contribution in [1.29, 1.82) is 0 Å². The lowest BCUT2D eigenvalue weighted by Gasteiger charge is -2.14. The summed E-state index contributed by atoms with van der Waals surface area (Å²) in [6, 6.07) is 8.46. The van der Waals surface area contributed by atoms with Gasteiger partial charge in [-0.15, -0.1) is 11.3 Å². The SMILES string of the molecule is CC(OC(=O)c1cccc(Cl)c1Cl)C(=O)NCc1cccs1. The lowest BCUT2D eigenvalue weighted by Crippen LogP contribution is -2.35. The molecule has 1 heterocycles. The van der Waals surface area contributed by atoms with Crippen LogP contribution in [-0.4, -0.2) is 18.0 Å². The van der Waals surface area contributed by atoms with Crippen LogP contribution in [0.3, 0.4) is 0 Å². The van der Waals surface area contributed by atoms with Gasteiger partial charge in [-0.3, -0.25) is 4.79 Å². The van der Waals surface area contributed by atoms with Gasteiger partial charge in [0.05, 0.1) is 22.2 Å². The van der Waals surface area contributed by atoms with Crippen molar-refractivity contribution in [3.05, 3.63) is 56.2 Å². The van der Waals surface area contributed by atoms with Crippen LogP contribution in [0.15, 0.2) is 35.7 Å². The zero-order chi connectivity index (χ0) is 16.1. The minimum atomic E-state index is -0.928. The van der Waals surface area contributed by atoms with Crippen LogP contribution in [0.1, 0.15) is 22.2 Å². The van der Waals surface area contributed by atoms with Gasteiger partial charge in [-0.05, 0) is 30.5 Å². The Morgan fingerprint density at radius 3 is 2.73 bits per heavy atom. The number of amides is 1. The fourth-order valence-corrected chi connectivity index (χ4v) is 2.69. The summed E-state index contributed by atoms with van der Waals surface area (Å²) < 4.78 is 5.11. The van der Waals surface area contributed by atoms with Crippen LogP contribution in [0.5, 0.6) is 0 Å². The molecule has 22 heavy (non-hydrogen) atoms. The van der Waals surface area contributed by atoms with Crippen LogP contribution < -0.4 is 5.32 Å². The van der Waals surface area contributed by atoms with Gasteiger partial charge in [0.15, 0.2) is 6.10 Å². The van der Waals surface area contributed by atoms with E-state index in [1.165, 1.54) is 24.3 Å². The number of carbonyl (C=O) groups is 2. The quantitative estimate of drug-likeness (QED) is 0.825. The summed E-state index contributed by atoms with van der Waals surface area (Å²) in [5, 5.41) is 4.99. The summed E-state index contributed by atoms with van der Waals surface area (Å²) in [5.41, 5.74) is 0.132. The number of hydrogen-bond donors (Lipinski definition) is 1. The van der Waals surface area contributed by atoms with Gasteiger partial charge < -0.3 is 10.1 Å². The monoisotopic (exact) mass is 357 g/mol. The first-order valence-corrected chi connectivity index (χ1v) is 8.07. The fourth-order valence-electron chi connectivity index (χ4n) is 1.67. The topological polar surface area (TPSA) is 55.4 Å². The van der Waals surface area contributed by atoms with Crippen LogP contribution in [0.4, 0.5) is 0 Å². The third-order valence-corrected chi connectivity index (χ3v) is 4.54. The molecule has 0 saturated heterocycles. The van der Waals surface area contributed by atoms with Gasteiger partial charge in [-0.1, -0.05) is 35.3 Å². The molecular weight excluding hydrogens is 345 g/mol. The Labute approximate surface area is 142 Å². The third-order valence-electron chi connectivity index (χ3n) is 2.84. The summed E-state index contributed by atoms with van der Waals surface area (Å²) in [7, 11) is 0. The molecule has 1 atom stereocenters. The maximum atomic E-state index is 12.0. The smallest absolute Gasteiger partial charge is 0.340 e. The standard InChI is InChI=1S/C15H13Cl2NO3S/c1-9(14(19)18-8-10-4-3-7-22-10)21-15(20)11-5-2-6-12(16)13(11)17/h2-7,9H,8H2,1H3,(H,18,19). The van der Waals surface area contributed by atoms with Crippen LogP contribution in [-0.2, 0) is 16.1 Å². The van der Waals surface area contributed by atoms with Crippen LogP contribution in [0.2, 0.25) is 10.0 Å².